The van der Waals surface area contributed by atoms with Crippen LogP contribution in [0, 0.1) is 0 Å². The zero-order valence-electron chi connectivity index (χ0n) is 5.42. The summed E-state index contributed by atoms with van der Waals surface area (Å²) in [5, 5.41) is -0.0491. The van der Waals surface area contributed by atoms with E-state index in [1.54, 1.807) is 0 Å². The Morgan fingerprint density at radius 1 is 1.00 bits per heavy atom. The Morgan fingerprint density at radius 3 is 1.45 bits per heavy atom. The first-order chi connectivity index (χ1) is 4.31. The molecule has 7 heteroatoms. The van der Waals surface area contributed by atoms with Crippen LogP contribution in [0.4, 0.5) is 22.0 Å². The van der Waals surface area contributed by atoms with Crippen LogP contribution in [0.1, 0.15) is 6.42 Å². The second-order valence-electron chi connectivity index (χ2n) is 1.81. The molecule has 0 spiro atoms. The number of rotatable bonds is 2. The molecule has 0 nitrogen and oxygen atoms in total. The van der Waals surface area contributed by atoms with Gasteiger partial charge in [-0.3, -0.25) is 0 Å². The molecular formula is C4H5F5IZn. The summed E-state index contributed by atoms with van der Waals surface area (Å²) in [6.07, 6.45) is -6.44. The van der Waals surface area contributed by atoms with Gasteiger partial charge < -0.3 is 0 Å². The summed E-state index contributed by atoms with van der Waals surface area (Å²) in [4.78, 5) is 0. The third-order valence-corrected chi connectivity index (χ3v) is 1.65. The molecule has 0 unspecified atom stereocenters. The van der Waals surface area contributed by atoms with Crippen molar-refractivity contribution in [3.8, 4) is 0 Å². The van der Waals surface area contributed by atoms with Gasteiger partial charge in [-0.25, -0.2) is 0 Å². The van der Waals surface area contributed by atoms with Gasteiger partial charge in [-0.05, 0) is 0 Å². The summed E-state index contributed by atoms with van der Waals surface area (Å²) in [5.74, 6) is -4.48. The molecule has 0 atom stereocenters. The minimum atomic E-state index is -5.37. The van der Waals surface area contributed by atoms with Crippen molar-refractivity contribution in [3.63, 3.8) is 0 Å². The average molecular weight is 340 g/mol. The maximum absolute atomic E-state index is 11.8. The zero-order valence-corrected chi connectivity index (χ0v) is 10.7. The zero-order chi connectivity index (χ0) is 8.41. The minimum absolute atomic E-state index is 0. The molecule has 0 aliphatic carbocycles. The molecular weight excluding hydrogens is 335 g/mol. The molecule has 0 fully saturated rings. The molecule has 0 bridgehead atoms. The molecule has 11 heavy (non-hydrogen) atoms. The van der Waals surface area contributed by atoms with Crippen LogP contribution in [-0.2, 0) is 18.3 Å². The van der Waals surface area contributed by atoms with Crippen LogP contribution >= 0.6 is 24.0 Å². The Morgan fingerprint density at radius 2 is 1.36 bits per heavy atom. The number of hydrogen-bond donors (Lipinski definition) is 0. The molecule has 65 valence electrons. The predicted octanol–water partition coefficient (Wildman–Crippen LogP) is 3.16. The van der Waals surface area contributed by atoms with Gasteiger partial charge in [0.25, 0.3) is 0 Å². The molecule has 0 aromatic rings. The topological polar surface area (TPSA) is 0 Å². The molecule has 0 aliphatic rings. The predicted molar refractivity (Wildman–Crippen MR) is 35.8 cm³/mol. The Hall–Kier alpha value is 1.00. The molecule has 0 saturated heterocycles. The Bertz CT molecular complexity index is 112. The fourth-order valence-electron chi connectivity index (χ4n) is 0.364. The first-order valence-electron chi connectivity index (χ1n) is 2.55. The molecule has 0 rings (SSSR count). The monoisotopic (exact) mass is 339 g/mol. The van der Waals surface area contributed by atoms with Crippen LogP contribution in [0.15, 0.2) is 0 Å². The smallest absolute Gasteiger partial charge is 0.107 e. The van der Waals surface area contributed by atoms with Crippen LogP contribution in [-0.4, -0.2) is 12.1 Å². The third-order valence-electron chi connectivity index (χ3n) is 0.905. The van der Waals surface area contributed by atoms with Crippen molar-refractivity contribution >= 4 is 24.0 Å². The average Bonchev–Trinajstić information content (AvgIpc) is 1.61. The van der Waals surface area contributed by atoms with Gasteiger partial charge >= 0.3 is 63.8 Å². The standard InChI is InChI=1S/C4H4F5.HI.Zn/c1-2-3(5,6)4(7,8)9;;/h1-2H2;1H;. The summed E-state index contributed by atoms with van der Waals surface area (Å²) in [5.41, 5.74) is 0. The van der Waals surface area contributed by atoms with Crippen molar-refractivity contribution in [3.05, 3.63) is 0 Å². The summed E-state index contributed by atoms with van der Waals surface area (Å²) < 4.78 is 57.5. The Balaban J connectivity index is 0. The molecule has 0 aromatic heterocycles. The van der Waals surface area contributed by atoms with Crippen molar-refractivity contribution in [2.45, 2.75) is 23.5 Å². The maximum atomic E-state index is 11.8. The number of alkyl halides is 5. The van der Waals surface area contributed by atoms with Gasteiger partial charge in [-0.1, -0.05) is 0 Å². The van der Waals surface area contributed by atoms with Gasteiger partial charge in [0, 0.05) is 0 Å². The molecule has 0 aliphatic heterocycles. The van der Waals surface area contributed by atoms with Gasteiger partial charge in [-0.15, -0.1) is 24.0 Å². The van der Waals surface area contributed by atoms with E-state index in [1.807, 2.05) is 0 Å². The van der Waals surface area contributed by atoms with E-state index >= 15 is 0 Å². The normalized spacial score (nSPS) is 12.6. The fraction of sp³-hybridized carbons (Fsp3) is 1.00. The van der Waals surface area contributed by atoms with E-state index in [0.717, 1.165) is 0 Å². The van der Waals surface area contributed by atoms with Crippen LogP contribution in [0.25, 0.3) is 0 Å². The van der Waals surface area contributed by atoms with E-state index < -0.39 is 18.5 Å². The SMILES string of the molecule is FC(F)(F)C(F)(F)C[CH2][Zn].I. The number of halogens is 6. The van der Waals surface area contributed by atoms with Crippen molar-refractivity contribution in [1.82, 2.24) is 0 Å². The second kappa shape index (κ2) is 4.89. The summed E-state index contributed by atoms with van der Waals surface area (Å²) in [7, 11) is 0. The van der Waals surface area contributed by atoms with Crippen LogP contribution in [0.5, 0.6) is 0 Å². The summed E-state index contributed by atoms with van der Waals surface area (Å²) in [6, 6.07) is 0. The molecule has 0 radical (unpaired) electrons. The quantitative estimate of drug-likeness (QED) is 0.412. The first kappa shape index (κ1) is 14.5. The van der Waals surface area contributed by atoms with Gasteiger partial charge in [0.1, 0.15) is 0 Å². The van der Waals surface area contributed by atoms with Gasteiger partial charge in [0.2, 0.25) is 0 Å². The van der Waals surface area contributed by atoms with Gasteiger partial charge in [-0.2, -0.15) is 0 Å². The van der Waals surface area contributed by atoms with E-state index in [0.29, 0.717) is 18.3 Å². The summed E-state index contributed by atoms with van der Waals surface area (Å²) in [6.45, 7) is 0. The van der Waals surface area contributed by atoms with Gasteiger partial charge in [0.15, 0.2) is 0 Å². The third kappa shape index (κ3) is 4.55. The van der Waals surface area contributed by atoms with Crippen molar-refractivity contribution in [1.29, 1.82) is 0 Å². The molecule has 0 heterocycles. The Kier molecular flexibility index (Phi) is 6.46. The van der Waals surface area contributed by atoms with E-state index in [-0.39, 0.29) is 29.0 Å². The van der Waals surface area contributed by atoms with Crippen LogP contribution < -0.4 is 0 Å². The molecule has 0 aromatic carbocycles. The maximum Gasteiger partial charge on any atom is -0.107 e. The van der Waals surface area contributed by atoms with E-state index in [1.165, 1.54) is 0 Å². The van der Waals surface area contributed by atoms with Crippen molar-refractivity contribution in [2.24, 2.45) is 0 Å². The van der Waals surface area contributed by atoms with Crippen LogP contribution in [0.2, 0.25) is 5.02 Å². The minimum Gasteiger partial charge on any atom is -0.107 e. The number of hydrogen-bond acceptors (Lipinski definition) is 0. The molecule has 0 N–H and O–H groups in total. The molecule has 0 amide bonds. The van der Waals surface area contributed by atoms with E-state index in [4.69, 9.17) is 0 Å². The van der Waals surface area contributed by atoms with Gasteiger partial charge in [0.05, 0.1) is 0 Å². The second-order valence-corrected chi connectivity index (χ2v) is 3.29. The molecule has 0 saturated carbocycles. The van der Waals surface area contributed by atoms with Crippen LogP contribution in [0.3, 0.4) is 0 Å². The van der Waals surface area contributed by atoms with Crippen molar-refractivity contribution < 1.29 is 40.3 Å². The van der Waals surface area contributed by atoms with Crippen molar-refractivity contribution in [2.75, 3.05) is 0 Å². The Labute approximate surface area is 87.6 Å². The first-order valence-corrected chi connectivity index (χ1v) is 4.65. The largest absolute Gasteiger partial charge is 0.107 e. The van der Waals surface area contributed by atoms with E-state index in [2.05, 4.69) is 0 Å². The summed E-state index contributed by atoms with van der Waals surface area (Å²) >= 11 is 0.464. The van der Waals surface area contributed by atoms with E-state index in [9.17, 15) is 22.0 Å². The fourth-order valence-corrected chi connectivity index (χ4v) is 1.30.